The fourth-order valence-electron chi connectivity index (χ4n) is 3.59. The summed E-state index contributed by atoms with van der Waals surface area (Å²) in [4.78, 5) is 6.54. The number of nitrogens with zero attached hydrogens (tertiary/aromatic N) is 3. The Hall–Kier alpha value is -3.74. The van der Waals surface area contributed by atoms with Gasteiger partial charge in [-0.3, -0.25) is 4.55 Å². The van der Waals surface area contributed by atoms with E-state index in [0.29, 0.717) is 22.6 Å². The van der Waals surface area contributed by atoms with Crippen molar-refractivity contribution in [3.05, 3.63) is 72.0 Å². The number of fused-ring (bicyclic) bond motifs is 1. The Morgan fingerprint density at radius 2 is 1.91 bits per heavy atom. The molecule has 0 aliphatic carbocycles. The van der Waals surface area contributed by atoms with Gasteiger partial charge in [-0.2, -0.15) is 8.42 Å². The number of benzene rings is 2. The van der Waals surface area contributed by atoms with Crippen LogP contribution in [-0.2, 0) is 21.0 Å². The average Bonchev–Trinajstić information content (AvgIpc) is 3.41. The molecule has 186 valence electrons. The van der Waals surface area contributed by atoms with E-state index in [-0.39, 0.29) is 11.5 Å². The lowest BCUT2D eigenvalue weighted by Gasteiger charge is -2.24. The van der Waals surface area contributed by atoms with E-state index >= 15 is 0 Å². The zero-order valence-electron chi connectivity index (χ0n) is 19.0. The molecule has 1 aliphatic rings. The largest absolute Gasteiger partial charge is 0.504 e. The molecule has 0 spiro atoms. The smallest absolute Gasteiger partial charge is 0.445 e. The predicted molar refractivity (Wildman–Crippen MR) is 126 cm³/mol. The SMILES string of the molecule is CN(C)CCc1cn([C@@H](c2ccc(O)c(O)c2)[C@H]2Oc3ccc(/C=C\OS(=O)(=O)O)cc3O2)cn1. The Labute approximate surface area is 202 Å². The molecule has 0 radical (unpaired) electrons. The maximum absolute atomic E-state index is 10.7. The number of aromatic hydroxyl groups is 2. The van der Waals surface area contributed by atoms with Crippen molar-refractivity contribution < 1.29 is 36.8 Å². The van der Waals surface area contributed by atoms with Gasteiger partial charge in [-0.05, 0) is 55.6 Å². The lowest BCUT2D eigenvalue weighted by atomic mass is 10.1. The first-order valence-corrected chi connectivity index (χ1v) is 11.9. The van der Waals surface area contributed by atoms with Gasteiger partial charge in [0.25, 0.3) is 6.29 Å². The summed E-state index contributed by atoms with van der Waals surface area (Å²) < 4.78 is 48.3. The van der Waals surface area contributed by atoms with E-state index in [2.05, 4.69) is 14.1 Å². The van der Waals surface area contributed by atoms with E-state index in [4.69, 9.17) is 14.0 Å². The van der Waals surface area contributed by atoms with Gasteiger partial charge in [0.15, 0.2) is 23.0 Å². The molecule has 2 aromatic carbocycles. The standard InChI is InChI=1S/C23H25N3O8S/c1-25(2)9-7-17-13-26(14-24-17)22(16-4-5-18(27)19(28)12-16)23-33-20-6-3-15(11-21(20)34-23)8-10-32-35(29,30)31/h3-6,8,10-14,22-23,27-28H,7,9H2,1-2H3,(H,29,30,31)/b10-8-/t22-,23-/m0/s1. The molecule has 11 nitrogen and oxygen atoms in total. The maximum atomic E-state index is 10.7. The van der Waals surface area contributed by atoms with Crippen LogP contribution in [0.1, 0.15) is 22.9 Å². The number of hydrogen-bond acceptors (Lipinski definition) is 9. The molecule has 3 aromatic rings. The number of ether oxygens (including phenoxy) is 2. The van der Waals surface area contributed by atoms with Crippen LogP contribution in [0, 0.1) is 0 Å². The molecule has 1 aliphatic heterocycles. The van der Waals surface area contributed by atoms with E-state index in [1.165, 1.54) is 18.2 Å². The molecule has 0 saturated carbocycles. The molecule has 4 rings (SSSR count). The Balaban J connectivity index is 1.61. The minimum atomic E-state index is -4.59. The first kappa shape index (κ1) is 24.4. The zero-order chi connectivity index (χ0) is 25.2. The molecule has 0 fully saturated rings. The summed E-state index contributed by atoms with van der Waals surface area (Å²) in [5, 5.41) is 19.9. The van der Waals surface area contributed by atoms with E-state index in [1.807, 2.05) is 24.9 Å². The summed E-state index contributed by atoms with van der Waals surface area (Å²) in [5.41, 5.74) is 2.04. The van der Waals surface area contributed by atoms with Gasteiger partial charge in [0.05, 0.1) is 12.0 Å². The number of imidazole rings is 1. The van der Waals surface area contributed by atoms with Crippen LogP contribution in [0.2, 0.25) is 0 Å². The van der Waals surface area contributed by atoms with Gasteiger partial charge in [0.2, 0.25) is 0 Å². The highest BCUT2D eigenvalue weighted by atomic mass is 32.3. The lowest BCUT2D eigenvalue weighted by molar-refractivity contribution is 0.0148. The van der Waals surface area contributed by atoms with Crippen molar-refractivity contribution >= 4 is 16.5 Å². The van der Waals surface area contributed by atoms with Crippen LogP contribution in [0.4, 0.5) is 0 Å². The molecule has 12 heteroatoms. The number of phenols is 2. The number of likely N-dealkylation sites (N-methyl/N-ethyl adjacent to an activating group) is 1. The highest BCUT2D eigenvalue weighted by molar-refractivity contribution is 7.81. The van der Waals surface area contributed by atoms with Crippen LogP contribution in [0.3, 0.4) is 0 Å². The number of hydrogen-bond donors (Lipinski definition) is 3. The second kappa shape index (κ2) is 9.86. The summed E-state index contributed by atoms with van der Waals surface area (Å²) in [6.45, 7) is 0.821. The van der Waals surface area contributed by atoms with Crippen molar-refractivity contribution in [2.45, 2.75) is 18.8 Å². The summed E-state index contributed by atoms with van der Waals surface area (Å²) in [5.74, 6) is 0.348. The first-order valence-electron chi connectivity index (χ1n) is 10.6. The van der Waals surface area contributed by atoms with E-state index in [0.717, 1.165) is 24.9 Å². The summed E-state index contributed by atoms with van der Waals surface area (Å²) in [7, 11) is -0.631. The Morgan fingerprint density at radius 1 is 1.14 bits per heavy atom. The van der Waals surface area contributed by atoms with E-state index < -0.39 is 22.7 Å². The molecule has 1 aromatic heterocycles. The highest BCUT2D eigenvalue weighted by Crippen LogP contribution is 2.41. The van der Waals surface area contributed by atoms with Crippen LogP contribution in [0.5, 0.6) is 23.0 Å². The van der Waals surface area contributed by atoms with Crippen molar-refractivity contribution in [3.8, 4) is 23.0 Å². The van der Waals surface area contributed by atoms with Gasteiger partial charge in [0.1, 0.15) is 12.3 Å². The zero-order valence-corrected chi connectivity index (χ0v) is 19.8. The molecule has 2 atom stereocenters. The third kappa shape index (κ3) is 6.04. The molecule has 35 heavy (non-hydrogen) atoms. The van der Waals surface area contributed by atoms with Gasteiger partial charge in [-0.25, -0.2) is 4.98 Å². The molecule has 2 heterocycles. The number of phenolic OH excluding ortho intramolecular Hbond substituents is 2. The van der Waals surface area contributed by atoms with Crippen LogP contribution < -0.4 is 9.47 Å². The predicted octanol–water partition coefficient (Wildman–Crippen LogP) is 2.58. The molecule has 0 unspecified atom stereocenters. The Bertz CT molecular complexity index is 1340. The van der Waals surface area contributed by atoms with Crippen molar-refractivity contribution in [3.63, 3.8) is 0 Å². The molecule has 0 saturated heterocycles. The van der Waals surface area contributed by atoms with E-state index in [9.17, 15) is 18.6 Å². The number of rotatable bonds is 9. The Kier molecular flexibility index (Phi) is 6.87. The van der Waals surface area contributed by atoms with Crippen LogP contribution in [0.25, 0.3) is 6.08 Å². The van der Waals surface area contributed by atoms with Gasteiger partial charge in [-0.1, -0.05) is 12.1 Å². The monoisotopic (exact) mass is 503 g/mol. The normalized spacial score (nSPS) is 16.2. The lowest BCUT2D eigenvalue weighted by Crippen LogP contribution is -2.31. The minimum Gasteiger partial charge on any atom is -0.504 e. The summed E-state index contributed by atoms with van der Waals surface area (Å²) >= 11 is 0. The average molecular weight is 504 g/mol. The third-order valence-electron chi connectivity index (χ3n) is 5.28. The highest BCUT2D eigenvalue weighted by Gasteiger charge is 2.35. The molecule has 3 N–H and O–H groups in total. The quantitative estimate of drug-likeness (QED) is 0.226. The fraction of sp³-hybridized carbons (Fsp3) is 0.261. The van der Waals surface area contributed by atoms with E-state index in [1.54, 1.807) is 30.6 Å². The van der Waals surface area contributed by atoms with Crippen LogP contribution >= 0.6 is 0 Å². The second-order valence-electron chi connectivity index (χ2n) is 8.20. The molecule has 0 bridgehead atoms. The Morgan fingerprint density at radius 3 is 2.63 bits per heavy atom. The number of aromatic nitrogens is 2. The maximum Gasteiger partial charge on any atom is 0.445 e. The minimum absolute atomic E-state index is 0.245. The van der Waals surface area contributed by atoms with Crippen LogP contribution in [-0.4, -0.2) is 64.6 Å². The topological polar surface area (TPSA) is 144 Å². The first-order chi connectivity index (χ1) is 16.6. The van der Waals surface area contributed by atoms with Crippen LogP contribution in [0.15, 0.2) is 55.2 Å². The summed E-state index contributed by atoms with van der Waals surface area (Å²) in [6, 6.07) is 8.88. The second-order valence-corrected chi connectivity index (χ2v) is 9.24. The van der Waals surface area contributed by atoms with Crippen molar-refractivity contribution in [1.29, 1.82) is 0 Å². The van der Waals surface area contributed by atoms with Gasteiger partial charge >= 0.3 is 10.4 Å². The molecule has 0 amide bonds. The van der Waals surface area contributed by atoms with Gasteiger partial charge in [0, 0.05) is 19.2 Å². The van der Waals surface area contributed by atoms with Gasteiger partial charge in [-0.15, -0.1) is 0 Å². The van der Waals surface area contributed by atoms with Crippen molar-refractivity contribution in [2.24, 2.45) is 0 Å². The fourth-order valence-corrected chi connectivity index (χ4v) is 3.79. The molecular weight excluding hydrogens is 478 g/mol. The van der Waals surface area contributed by atoms with Gasteiger partial charge < -0.3 is 33.3 Å². The third-order valence-corrected chi connectivity index (χ3v) is 5.64. The van der Waals surface area contributed by atoms with Crippen molar-refractivity contribution in [1.82, 2.24) is 14.5 Å². The summed E-state index contributed by atoms with van der Waals surface area (Å²) in [6.07, 6.45) is 5.63. The molecular formula is C23H25N3O8S. The van der Waals surface area contributed by atoms with Crippen molar-refractivity contribution in [2.75, 3.05) is 20.6 Å².